The van der Waals surface area contributed by atoms with Crippen LogP contribution in [-0.2, 0) is 0 Å². The number of furan rings is 1. The Morgan fingerprint density at radius 3 is 2.32 bits per heavy atom. The summed E-state index contributed by atoms with van der Waals surface area (Å²) in [6.07, 6.45) is 0. The zero-order chi connectivity index (χ0) is 14.0. The van der Waals surface area contributed by atoms with E-state index in [4.69, 9.17) is 31.2 Å². The lowest BCUT2D eigenvalue weighted by molar-refractivity contribution is 0.354. The lowest BCUT2D eigenvalue weighted by atomic mass is 9.99. The highest BCUT2D eigenvalue weighted by molar-refractivity contribution is 6.28. The lowest BCUT2D eigenvalue weighted by Gasteiger charge is -2.16. The molecule has 2 aromatic rings. The zero-order valence-corrected chi connectivity index (χ0v) is 11.8. The first kappa shape index (κ1) is 13.8. The van der Waals surface area contributed by atoms with Crippen molar-refractivity contribution in [2.24, 2.45) is 5.73 Å². The van der Waals surface area contributed by atoms with Crippen LogP contribution >= 0.6 is 11.6 Å². The van der Waals surface area contributed by atoms with Gasteiger partial charge in [0.15, 0.2) is 16.7 Å². The van der Waals surface area contributed by atoms with Gasteiger partial charge in [-0.3, -0.25) is 0 Å². The van der Waals surface area contributed by atoms with Gasteiger partial charge in [-0.1, -0.05) is 0 Å². The van der Waals surface area contributed by atoms with Gasteiger partial charge < -0.3 is 19.6 Å². The number of methoxy groups -OCH3 is 2. The molecular formula is C14H16ClNO3. The van der Waals surface area contributed by atoms with Gasteiger partial charge in [-0.25, -0.2) is 0 Å². The molecule has 4 nitrogen and oxygen atoms in total. The molecule has 0 aliphatic rings. The first-order valence-corrected chi connectivity index (χ1v) is 6.18. The van der Waals surface area contributed by atoms with Crippen LogP contribution in [0.3, 0.4) is 0 Å². The van der Waals surface area contributed by atoms with Crippen LogP contribution in [0.25, 0.3) is 0 Å². The molecule has 102 valence electrons. The highest BCUT2D eigenvalue weighted by Crippen LogP contribution is 2.34. The first-order valence-electron chi connectivity index (χ1n) is 5.80. The van der Waals surface area contributed by atoms with Crippen LogP contribution in [0.4, 0.5) is 0 Å². The minimum absolute atomic E-state index is 0.323. The number of hydrogen-bond acceptors (Lipinski definition) is 4. The van der Waals surface area contributed by atoms with E-state index in [1.165, 1.54) is 0 Å². The molecule has 1 heterocycles. The van der Waals surface area contributed by atoms with E-state index in [9.17, 15) is 0 Å². The van der Waals surface area contributed by atoms with Crippen molar-refractivity contribution in [2.45, 2.75) is 13.0 Å². The van der Waals surface area contributed by atoms with E-state index in [1.54, 1.807) is 26.4 Å². The van der Waals surface area contributed by atoms with Crippen LogP contribution in [-0.4, -0.2) is 14.2 Å². The summed E-state index contributed by atoms with van der Waals surface area (Å²) in [5.74, 6) is 1.92. The van der Waals surface area contributed by atoms with Crippen molar-refractivity contribution in [3.05, 3.63) is 46.4 Å². The van der Waals surface area contributed by atoms with Gasteiger partial charge in [0.1, 0.15) is 5.76 Å². The van der Waals surface area contributed by atoms with E-state index in [-0.39, 0.29) is 0 Å². The quantitative estimate of drug-likeness (QED) is 0.934. The predicted octanol–water partition coefficient (Wildman–Crippen LogP) is 3.31. The van der Waals surface area contributed by atoms with Crippen LogP contribution in [0.1, 0.15) is 22.9 Å². The van der Waals surface area contributed by atoms with Crippen molar-refractivity contribution in [3.63, 3.8) is 0 Å². The average molecular weight is 282 g/mol. The minimum atomic E-state index is -0.396. The Balaban J connectivity index is 2.44. The van der Waals surface area contributed by atoms with Gasteiger partial charge in [0.25, 0.3) is 0 Å². The molecule has 0 saturated carbocycles. The second-order valence-electron chi connectivity index (χ2n) is 4.18. The van der Waals surface area contributed by atoms with Crippen molar-refractivity contribution in [1.82, 2.24) is 0 Å². The number of benzene rings is 1. The molecule has 2 rings (SSSR count). The summed E-state index contributed by atoms with van der Waals surface area (Å²) in [6, 6.07) is 6.79. The first-order chi connectivity index (χ1) is 9.06. The summed E-state index contributed by atoms with van der Waals surface area (Å²) >= 11 is 5.77. The fourth-order valence-electron chi connectivity index (χ4n) is 1.98. The molecule has 1 unspecified atom stereocenters. The summed E-state index contributed by atoms with van der Waals surface area (Å²) in [6.45, 7) is 1.96. The Bertz CT molecular complexity index is 580. The van der Waals surface area contributed by atoms with Crippen LogP contribution in [0.5, 0.6) is 11.5 Å². The summed E-state index contributed by atoms with van der Waals surface area (Å²) in [7, 11) is 3.19. The van der Waals surface area contributed by atoms with Crippen LogP contribution in [0.15, 0.2) is 28.7 Å². The summed E-state index contributed by atoms with van der Waals surface area (Å²) in [4.78, 5) is 0. The zero-order valence-electron chi connectivity index (χ0n) is 11.1. The molecule has 2 N–H and O–H groups in total. The number of aryl methyl sites for hydroxylation is 1. The van der Waals surface area contributed by atoms with E-state index in [1.807, 2.05) is 19.1 Å². The second kappa shape index (κ2) is 5.55. The highest BCUT2D eigenvalue weighted by Gasteiger charge is 2.18. The third-order valence-corrected chi connectivity index (χ3v) is 3.21. The van der Waals surface area contributed by atoms with Gasteiger partial charge in [0.2, 0.25) is 0 Å². The van der Waals surface area contributed by atoms with Crippen molar-refractivity contribution >= 4 is 11.6 Å². The Morgan fingerprint density at radius 1 is 1.16 bits per heavy atom. The number of hydrogen-bond donors (Lipinski definition) is 1. The van der Waals surface area contributed by atoms with Crippen LogP contribution < -0.4 is 15.2 Å². The third kappa shape index (κ3) is 2.69. The van der Waals surface area contributed by atoms with E-state index in [2.05, 4.69) is 0 Å². The van der Waals surface area contributed by atoms with Gasteiger partial charge in [-0.15, -0.1) is 0 Å². The number of nitrogens with two attached hydrogens (primary N) is 1. The molecule has 0 fully saturated rings. The highest BCUT2D eigenvalue weighted by atomic mass is 35.5. The van der Waals surface area contributed by atoms with Crippen LogP contribution in [0.2, 0.25) is 5.22 Å². The van der Waals surface area contributed by atoms with Crippen molar-refractivity contribution < 1.29 is 13.9 Å². The number of halogens is 1. The molecule has 0 radical (unpaired) electrons. The smallest absolute Gasteiger partial charge is 0.193 e. The van der Waals surface area contributed by atoms with Gasteiger partial charge in [0, 0.05) is 0 Å². The van der Waals surface area contributed by atoms with Crippen molar-refractivity contribution in [3.8, 4) is 11.5 Å². The Kier molecular flexibility index (Phi) is 4.02. The Labute approximate surface area is 117 Å². The SMILES string of the molecule is COc1cc(C)c(C(N)c2ccc(Cl)o2)cc1OC. The molecular weight excluding hydrogens is 266 g/mol. The fourth-order valence-corrected chi connectivity index (χ4v) is 2.13. The predicted molar refractivity (Wildman–Crippen MR) is 74.0 cm³/mol. The average Bonchev–Trinajstić information content (AvgIpc) is 2.84. The molecule has 19 heavy (non-hydrogen) atoms. The van der Waals surface area contributed by atoms with Gasteiger partial charge in [0.05, 0.1) is 20.3 Å². The molecule has 0 amide bonds. The molecule has 0 spiro atoms. The van der Waals surface area contributed by atoms with Crippen LogP contribution in [0, 0.1) is 6.92 Å². The van der Waals surface area contributed by atoms with Crippen molar-refractivity contribution in [2.75, 3.05) is 14.2 Å². The Hall–Kier alpha value is -1.65. The van der Waals surface area contributed by atoms with E-state index in [0.29, 0.717) is 22.5 Å². The molecule has 0 bridgehead atoms. The van der Waals surface area contributed by atoms with Gasteiger partial charge in [-0.05, 0) is 53.9 Å². The molecule has 0 aliphatic carbocycles. The van der Waals surface area contributed by atoms with E-state index < -0.39 is 6.04 Å². The summed E-state index contributed by atoms with van der Waals surface area (Å²) < 4.78 is 15.9. The molecule has 1 aromatic carbocycles. The fraction of sp³-hybridized carbons (Fsp3) is 0.286. The minimum Gasteiger partial charge on any atom is -0.493 e. The largest absolute Gasteiger partial charge is 0.493 e. The molecule has 0 aliphatic heterocycles. The maximum atomic E-state index is 6.20. The monoisotopic (exact) mass is 281 g/mol. The molecule has 1 atom stereocenters. The summed E-state index contributed by atoms with van der Waals surface area (Å²) in [5, 5.41) is 0.323. The van der Waals surface area contributed by atoms with Gasteiger partial charge >= 0.3 is 0 Å². The Morgan fingerprint density at radius 2 is 1.79 bits per heavy atom. The second-order valence-corrected chi connectivity index (χ2v) is 4.56. The summed E-state index contributed by atoms with van der Waals surface area (Å²) in [5.41, 5.74) is 8.10. The maximum absolute atomic E-state index is 6.20. The molecule has 5 heteroatoms. The van der Waals surface area contributed by atoms with E-state index in [0.717, 1.165) is 11.1 Å². The normalized spacial score (nSPS) is 12.3. The third-order valence-electron chi connectivity index (χ3n) is 3.01. The van der Waals surface area contributed by atoms with E-state index >= 15 is 0 Å². The maximum Gasteiger partial charge on any atom is 0.193 e. The topological polar surface area (TPSA) is 57.6 Å². The molecule has 1 aromatic heterocycles. The number of rotatable bonds is 4. The van der Waals surface area contributed by atoms with Gasteiger partial charge in [-0.2, -0.15) is 0 Å². The van der Waals surface area contributed by atoms with Crippen molar-refractivity contribution in [1.29, 1.82) is 0 Å². The number of ether oxygens (including phenoxy) is 2. The standard InChI is InChI=1S/C14H16ClNO3/c1-8-6-11(17-2)12(18-3)7-9(8)14(16)10-4-5-13(15)19-10/h4-7,14H,16H2,1-3H3. The lowest BCUT2D eigenvalue weighted by Crippen LogP contribution is -2.13. The molecule has 0 saturated heterocycles.